The summed E-state index contributed by atoms with van der Waals surface area (Å²) >= 11 is 0. The van der Waals surface area contributed by atoms with Crippen molar-refractivity contribution in [3.63, 3.8) is 0 Å². The van der Waals surface area contributed by atoms with E-state index in [9.17, 15) is 4.79 Å². The number of ether oxygens (including phenoxy) is 1. The molecule has 4 unspecified atom stereocenters. The summed E-state index contributed by atoms with van der Waals surface area (Å²) in [6, 6.07) is 0. The summed E-state index contributed by atoms with van der Waals surface area (Å²) in [5.41, 5.74) is 0.433. The first kappa shape index (κ1) is 18.0. The molecule has 4 atom stereocenters. The Morgan fingerprint density at radius 3 is 1.39 bits per heavy atom. The fourth-order valence-electron chi connectivity index (χ4n) is 5.70. The Balaban J connectivity index is 0.000000152. The number of carbonyl (C=O) groups is 2. The Kier molecular flexibility index (Phi) is 5.88. The van der Waals surface area contributed by atoms with Gasteiger partial charge in [0.25, 0.3) is 5.97 Å². The van der Waals surface area contributed by atoms with Crippen LogP contribution in [-0.4, -0.2) is 24.2 Å². The van der Waals surface area contributed by atoms with E-state index in [1.165, 1.54) is 42.6 Å². The Hall–Kier alpha value is -1.32. The molecule has 0 aromatic heterocycles. The van der Waals surface area contributed by atoms with E-state index in [1.807, 2.05) is 0 Å². The normalized spacial score (nSPS) is 37.9. The lowest BCUT2D eigenvalue weighted by Gasteiger charge is -2.34. The van der Waals surface area contributed by atoms with E-state index in [0.29, 0.717) is 5.57 Å². The van der Waals surface area contributed by atoms with Gasteiger partial charge in [0.2, 0.25) is 0 Å². The van der Waals surface area contributed by atoms with Crippen LogP contribution >= 0.6 is 0 Å². The molecule has 4 heteroatoms. The first-order valence-corrected chi connectivity index (χ1v) is 8.78. The van der Waals surface area contributed by atoms with Crippen LogP contribution in [0, 0.1) is 35.5 Å². The van der Waals surface area contributed by atoms with Gasteiger partial charge in [-0.1, -0.05) is 6.58 Å². The zero-order valence-electron chi connectivity index (χ0n) is 14.6. The Morgan fingerprint density at radius 1 is 0.913 bits per heavy atom. The standard InChI is InChI=1S/C12H18.C5H8O2.C2H4O2/c1-2-8-5-7(1)11-9-3-4-10(6-9)12(8)11;1-4(2)5(6)7-3;1-2(3)4/h7-12H,1-6H2;1H2,2-3H3;1H3,(H,3,4). The fraction of sp³-hybridized carbons (Fsp3) is 0.789. The molecule has 0 radical (unpaired) electrons. The molecule has 4 aliphatic carbocycles. The quantitative estimate of drug-likeness (QED) is 0.452. The van der Waals surface area contributed by atoms with Crippen molar-refractivity contribution in [1.82, 2.24) is 0 Å². The maximum absolute atomic E-state index is 10.2. The second-order valence-corrected chi connectivity index (χ2v) is 7.61. The maximum atomic E-state index is 10.2. The predicted molar refractivity (Wildman–Crippen MR) is 88.8 cm³/mol. The number of hydrogen-bond acceptors (Lipinski definition) is 3. The number of rotatable bonds is 1. The van der Waals surface area contributed by atoms with E-state index in [-0.39, 0.29) is 5.97 Å². The molecule has 4 aliphatic rings. The molecule has 4 rings (SSSR count). The van der Waals surface area contributed by atoms with Crippen molar-refractivity contribution >= 4 is 11.9 Å². The fourth-order valence-corrected chi connectivity index (χ4v) is 5.70. The van der Waals surface area contributed by atoms with Crippen molar-refractivity contribution in [2.45, 2.75) is 52.4 Å². The SMILES string of the molecule is C1CC2CC1C1C3CCC(C3)C21.C=C(C)C(=O)OC.CC(=O)O. The molecule has 130 valence electrons. The number of aliphatic carboxylic acids is 1. The van der Waals surface area contributed by atoms with Crippen LogP contribution in [0.25, 0.3) is 0 Å². The summed E-state index contributed by atoms with van der Waals surface area (Å²) in [5.74, 6) is 6.11. The number of carboxylic acids is 1. The molecule has 0 saturated heterocycles. The van der Waals surface area contributed by atoms with Gasteiger partial charge in [0.05, 0.1) is 7.11 Å². The number of fused-ring (bicyclic) bond motifs is 9. The van der Waals surface area contributed by atoms with Crippen molar-refractivity contribution in [2.75, 3.05) is 7.11 Å². The summed E-state index contributed by atoms with van der Waals surface area (Å²) in [4.78, 5) is 19.2. The van der Waals surface area contributed by atoms with Gasteiger partial charge in [-0.3, -0.25) is 4.79 Å². The lowest BCUT2D eigenvalue weighted by Crippen LogP contribution is -2.27. The molecule has 0 heterocycles. The van der Waals surface area contributed by atoms with Crippen LogP contribution in [-0.2, 0) is 14.3 Å². The summed E-state index contributed by atoms with van der Waals surface area (Å²) in [6.45, 7) is 6.04. The maximum Gasteiger partial charge on any atom is 0.332 e. The van der Waals surface area contributed by atoms with Gasteiger partial charge in [-0.15, -0.1) is 0 Å². The minimum absolute atomic E-state index is 0.347. The van der Waals surface area contributed by atoms with Gasteiger partial charge in [0.15, 0.2) is 0 Å². The Bertz CT molecular complexity index is 422. The Morgan fingerprint density at radius 2 is 1.22 bits per heavy atom. The lowest BCUT2D eigenvalue weighted by atomic mass is 9.71. The third-order valence-corrected chi connectivity index (χ3v) is 6.18. The second kappa shape index (κ2) is 7.50. The van der Waals surface area contributed by atoms with E-state index in [2.05, 4.69) is 11.3 Å². The van der Waals surface area contributed by atoms with E-state index in [0.717, 1.165) is 6.92 Å². The zero-order chi connectivity index (χ0) is 17.1. The highest BCUT2D eigenvalue weighted by molar-refractivity contribution is 5.86. The molecule has 4 saturated carbocycles. The van der Waals surface area contributed by atoms with Gasteiger partial charge in [-0.2, -0.15) is 0 Å². The lowest BCUT2D eigenvalue weighted by molar-refractivity contribution is -0.136. The molecule has 1 N–H and O–H groups in total. The molecule has 4 nitrogen and oxygen atoms in total. The zero-order valence-corrected chi connectivity index (χ0v) is 14.6. The first-order valence-electron chi connectivity index (χ1n) is 8.78. The summed E-state index contributed by atoms with van der Waals surface area (Å²) in [5, 5.41) is 7.42. The van der Waals surface area contributed by atoms with Gasteiger partial charge in [0, 0.05) is 12.5 Å². The number of carboxylic acid groups (broad SMARTS) is 1. The summed E-state index contributed by atoms with van der Waals surface area (Å²) in [6.07, 6.45) is 9.71. The summed E-state index contributed by atoms with van der Waals surface area (Å²) in [7, 11) is 1.33. The van der Waals surface area contributed by atoms with Crippen molar-refractivity contribution in [3.8, 4) is 0 Å². The average molecular weight is 322 g/mol. The van der Waals surface area contributed by atoms with E-state index < -0.39 is 5.97 Å². The number of hydrogen-bond donors (Lipinski definition) is 1. The largest absolute Gasteiger partial charge is 0.481 e. The molecule has 23 heavy (non-hydrogen) atoms. The first-order chi connectivity index (χ1) is 10.8. The van der Waals surface area contributed by atoms with Crippen molar-refractivity contribution in [2.24, 2.45) is 35.5 Å². The molecule has 0 aliphatic heterocycles. The predicted octanol–water partition coefficient (Wildman–Crippen LogP) is 3.91. The highest BCUT2D eigenvalue weighted by Gasteiger charge is 2.59. The van der Waals surface area contributed by atoms with Crippen molar-refractivity contribution in [3.05, 3.63) is 12.2 Å². The van der Waals surface area contributed by atoms with Crippen LogP contribution in [0.2, 0.25) is 0 Å². The van der Waals surface area contributed by atoms with Crippen LogP contribution in [0.5, 0.6) is 0 Å². The molecule has 0 aromatic carbocycles. The molecule has 4 fully saturated rings. The van der Waals surface area contributed by atoms with Crippen molar-refractivity contribution in [1.29, 1.82) is 0 Å². The number of esters is 1. The highest BCUT2D eigenvalue weighted by atomic mass is 16.5. The average Bonchev–Trinajstić information content (AvgIpc) is 3.24. The van der Waals surface area contributed by atoms with Crippen LogP contribution in [0.15, 0.2) is 12.2 Å². The van der Waals surface area contributed by atoms with E-state index >= 15 is 0 Å². The summed E-state index contributed by atoms with van der Waals surface area (Å²) < 4.78 is 4.27. The van der Waals surface area contributed by atoms with Gasteiger partial charge < -0.3 is 9.84 Å². The van der Waals surface area contributed by atoms with Crippen LogP contribution in [0.1, 0.15) is 52.4 Å². The van der Waals surface area contributed by atoms with Crippen LogP contribution < -0.4 is 0 Å². The monoisotopic (exact) mass is 322 g/mol. The minimum Gasteiger partial charge on any atom is -0.481 e. The number of methoxy groups -OCH3 is 1. The molecular formula is C19H30O4. The topological polar surface area (TPSA) is 63.6 Å². The van der Waals surface area contributed by atoms with E-state index in [4.69, 9.17) is 9.90 Å². The van der Waals surface area contributed by atoms with Crippen LogP contribution in [0.4, 0.5) is 0 Å². The van der Waals surface area contributed by atoms with E-state index in [1.54, 1.807) is 45.4 Å². The third kappa shape index (κ3) is 3.96. The smallest absolute Gasteiger partial charge is 0.332 e. The molecule has 0 aromatic rings. The molecule has 0 spiro atoms. The van der Waals surface area contributed by atoms with Gasteiger partial charge >= 0.3 is 5.97 Å². The Labute approximate surface area is 139 Å². The van der Waals surface area contributed by atoms with Gasteiger partial charge in [-0.25, -0.2) is 4.79 Å². The van der Waals surface area contributed by atoms with Gasteiger partial charge in [0.1, 0.15) is 0 Å². The minimum atomic E-state index is -0.833. The molecular weight excluding hydrogens is 292 g/mol. The van der Waals surface area contributed by atoms with Gasteiger partial charge in [-0.05, 0) is 81.0 Å². The van der Waals surface area contributed by atoms with Crippen LogP contribution in [0.3, 0.4) is 0 Å². The molecule has 0 amide bonds. The van der Waals surface area contributed by atoms with Crippen molar-refractivity contribution < 1.29 is 19.4 Å². The third-order valence-electron chi connectivity index (χ3n) is 6.18. The highest BCUT2D eigenvalue weighted by Crippen LogP contribution is 2.67. The number of carbonyl (C=O) groups excluding carboxylic acids is 1. The second-order valence-electron chi connectivity index (χ2n) is 7.61. The molecule has 4 bridgehead atoms.